The lowest BCUT2D eigenvalue weighted by molar-refractivity contribution is 0.0935. The first kappa shape index (κ1) is 13.8. The zero-order valence-electron chi connectivity index (χ0n) is 11.4. The van der Waals surface area contributed by atoms with Crippen molar-refractivity contribution in [2.24, 2.45) is 0 Å². The molecule has 22 heavy (non-hydrogen) atoms. The first-order chi connectivity index (χ1) is 10.7. The fourth-order valence-electron chi connectivity index (χ4n) is 1.91. The van der Waals surface area contributed by atoms with Crippen LogP contribution in [0, 0.1) is 0 Å². The summed E-state index contributed by atoms with van der Waals surface area (Å²) in [6, 6.07) is 3.13. The van der Waals surface area contributed by atoms with Gasteiger partial charge >= 0.3 is 5.91 Å². The number of hydrogen-bond acceptors (Lipinski definition) is 8. The predicted molar refractivity (Wildman–Crippen MR) is 76.6 cm³/mol. The number of nitrogens with one attached hydrogen (secondary N) is 2. The second-order valence-electron chi connectivity index (χ2n) is 4.32. The van der Waals surface area contributed by atoms with Crippen LogP contribution in [-0.2, 0) is 6.54 Å². The number of amides is 1. The van der Waals surface area contributed by atoms with Gasteiger partial charge in [-0.15, -0.1) is 0 Å². The lowest BCUT2D eigenvalue weighted by Gasteiger charge is -2.08. The summed E-state index contributed by atoms with van der Waals surface area (Å²) in [6.45, 7) is 0.191. The van der Waals surface area contributed by atoms with E-state index >= 15 is 0 Å². The topological polar surface area (TPSA) is 144 Å². The molecule has 10 heteroatoms. The maximum atomic E-state index is 11.8. The Kier molecular flexibility index (Phi) is 3.58. The summed E-state index contributed by atoms with van der Waals surface area (Å²) in [5.74, 6) is 0.00775. The van der Waals surface area contributed by atoms with Gasteiger partial charge in [-0.2, -0.15) is 15.1 Å². The number of furan rings is 1. The van der Waals surface area contributed by atoms with Gasteiger partial charge in [0.1, 0.15) is 0 Å². The van der Waals surface area contributed by atoms with E-state index in [4.69, 9.17) is 15.3 Å². The van der Waals surface area contributed by atoms with E-state index in [1.807, 2.05) is 0 Å². The molecule has 0 fully saturated rings. The lowest BCUT2D eigenvalue weighted by atomic mass is 10.4. The van der Waals surface area contributed by atoms with Crippen LogP contribution in [0.2, 0.25) is 0 Å². The number of nitrogens with two attached hydrogens (primary N) is 1. The van der Waals surface area contributed by atoms with Crippen LogP contribution in [0.15, 0.2) is 29.0 Å². The number of aliphatic hydroxyl groups excluding tert-OH is 1. The van der Waals surface area contributed by atoms with E-state index < -0.39 is 5.91 Å². The third kappa shape index (κ3) is 2.54. The Hall–Kier alpha value is -3.14. The molecule has 0 radical (unpaired) electrons. The van der Waals surface area contributed by atoms with Crippen LogP contribution in [0.25, 0.3) is 11.0 Å². The van der Waals surface area contributed by atoms with Gasteiger partial charge < -0.3 is 15.3 Å². The van der Waals surface area contributed by atoms with E-state index in [1.165, 1.54) is 23.2 Å². The summed E-state index contributed by atoms with van der Waals surface area (Å²) in [7, 11) is 0. The van der Waals surface area contributed by atoms with Gasteiger partial charge in [0.15, 0.2) is 17.2 Å². The first-order valence-corrected chi connectivity index (χ1v) is 6.39. The quantitative estimate of drug-likeness (QED) is 0.472. The van der Waals surface area contributed by atoms with Gasteiger partial charge in [0, 0.05) is 0 Å². The van der Waals surface area contributed by atoms with Crippen molar-refractivity contribution in [1.82, 2.24) is 25.2 Å². The number of anilines is 2. The third-order valence-electron chi connectivity index (χ3n) is 2.86. The van der Waals surface area contributed by atoms with Crippen LogP contribution in [0.4, 0.5) is 11.8 Å². The Morgan fingerprint density at radius 1 is 1.45 bits per heavy atom. The zero-order valence-corrected chi connectivity index (χ0v) is 11.4. The summed E-state index contributed by atoms with van der Waals surface area (Å²) < 4.78 is 6.47. The average molecular weight is 303 g/mol. The summed E-state index contributed by atoms with van der Waals surface area (Å²) in [5, 5.41) is 13.6. The molecule has 1 amide bonds. The normalized spacial score (nSPS) is 10.8. The minimum absolute atomic E-state index is 0.0157. The van der Waals surface area contributed by atoms with Crippen molar-refractivity contribution >= 4 is 28.7 Å². The fourth-order valence-corrected chi connectivity index (χ4v) is 1.91. The number of aliphatic hydroxyl groups is 1. The Labute approximate surface area is 123 Å². The van der Waals surface area contributed by atoms with Gasteiger partial charge in [-0.05, 0) is 12.1 Å². The molecule has 0 aliphatic carbocycles. The number of nitrogen functional groups attached to an aromatic ring is 1. The second kappa shape index (κ2) is 5.69. The largest absolute Gasteiger partial charge is 0.459 e. The molecule has 0 atom stereocenters. The summed E-state index contributed by atoms with van der Waals surface area (Å²) >= 11 is 0. The molecule has 0 aromatic carbocycles. The molecule has 0 spiro atoms. The van der Waals surface area contributed by atoms with Crippen molar-refractivity contribution in [1.29, 1.82) is 0 Å². The highest BCUT2D eigenvalue weighted by atomic mass is 16.3. The van der Waals surface area contributed by atoms with Gasteiger partial charge in [-0.1, -0.05) is 0 Å². The molecule has 10 nitrogen and oxygen atoms in total. The average Bonchev–Trinajstić information content (AvgIpc) is 3.15. The van der Waals surface area contributed by atoms with E-state index in [1.54, 1.807) is 6.07 Å². The molecule has 0 bridgehead atoms. The molecule has 114 valence electrons. The number of aromatic nitrogens is 4. The number of hydrogen-bond donors (Lipinski definition) is 4. The minimum atomic E-state index is -0.460. The Balaban J connectivity index is 1.85. The molecule has 3 heterocycles. The molecule has 5 N–H and O–H groups in total. The number of fused-ring (bicyclic) bond motifs is 1. The van der Waals surface area contributed by atoms with Gasteiger partial charge in [0.25, 0.3) is 0 Å². The Bertz CT molecular complexity index is 797. The Morgan fingerprint density at radius 3 is 3.05 bits per heavy atom. The molecule has 3 aromatic rings. The highest BCUT2D eigenvalue weighted by Crippen LogP contribution is 2.20. The molecule has 3 rings (SSSR count). The van der Waals surface area contributed by atoms with Crippen molar-refractivity contribution in [3.63, 3.8) is 0 Å². The molecular weight excluding hydrogens is 290 g/mol. The highest BCUT2D eigenvalue weighted by molar-refractivity contribution is 5.94. The highest BCUT2D eigenvalue weighted by Gasteiger charge is 2.13. The van der Waals surface area contributed by atoms with Gasteiger partial charge in [0.2, 0.25) is 5.95 Å². The van der Waals surface area contributed by atoms with Crippen LogP contribution in [0.1, 0.15) is 10.6 Å². The van der Waals surface area contributed by atoms with Crippen LogP contribution in [0.5, 0.6) is 0 Å². The number of hydrazine groups is 1. The van der Waals surface area contributed by atoms with Crippen molar-refractivity contribution in [2.45, 2.75) is 6.54 Å². The molecule has 0 saturated heterocycles. The van der Waals surface area contributed by atoms with E-state index in [9.17, 15) is 4.79 Å². The number of carbonyl (C=O) groups is 1. The SMILES string of the molecule is Nc1nc(NNC(=O)c2ccco2)c2cnn(CCO)c2n1. The number of rotatable bonds is 5. The van der Waals surface area contributed by atoms with Crippen molar-refractivity contribution in [2.75, 3.05) is 17.8 Å². The van der Waals surface area contributed by atoms with Gasteiger partial charge in [-0.25, -0.2) is 4.68 Å². The number of carbonyl (C=O) groups excluding carboxylic acids is 1. The van der Waals surface area contributed by atoms with E-state index in [-0.39, 0.29) is 24.9 Å². The van der Waals surface area contributed by atoms with Crippen molar-refractivity contribution < 1.29 is 14.3 Å². The van der Waals surface area contributed by atoms with E-state index in [0.29, 0.717) is 16.9 Å². The second-order valence-corrected chi connectivity index (χ2v) is 4.32. The molecule has 0 aliphatic heterocycles. The monoisotopic (exact) mass is 303 g/mol. The maximum absolute atomic E-state index is 11.8. The molecule has 0 aliphatic rings. The molecule has 0 saturated carbocycles. The molecule has 3 aromatic heterocycles. The van der Waals surface area contributed by atoms with Crippen molar-refractivity contribution in [3.8, 4) is 0 Å². The van der Waals surface area contributed by atoms with Crippen LogP contribution in [0.3, 0.4) is 0 Å². The predicted octanol–water partition coefficient (Wildman–Crippen LogP) is -0.249. The van der Waals surface area contributed by atoms with Crippen LogP contribution < -0.4 is 16.6 Å². The van der Waals surface area contributed by atoms with Crippen molar-refractivity contribution in [3.05, 3.63) is 30.4 Å². The van der Waals surface area contributed by atoms with Crippen LogP contribution >= 0.6 is 0 Å². The summed E-state index contributed by atoms with van der Waals surface area (Å²) in [6.07, 6.45) is 2.92. The van der Waals surface area contributed by atoms with E-state index in [2.05, 4.69) is 25.9 Å². The van der Waals surface area contributed by atoms with E-state index in [0.717, 1.165) is 0 Å². The Morgan fingerprint density at radius 2 is 2.32 bits per heavy atom. The third-order valence-corrected chi connectivity index (χ3v) is 2.86. The maximum Gasteiger partial charge on any atom is 0.305 e. The summed E-state index contributed by atoms with van der Waals surface area (Å²) in [5.41, 5.74) is 11.2. The zero-order chi connectivity index (χ0) is 15.5. The molecule has 0 unspecified atom stereocenters. The fraction of sp³-hybridized carbons (Fsp3) is 0.167. The number of nitrogens with zero attached hydrogens (tertiary/aromatic N) is 4. The first-order valence-electron chi connectivity index (χ1n) is 6.39. The minimum Gasteiger partial charge on any atom is -0.459 e. The smallest absolute Gasteiger partial charge is 0.305 e. The standard InChI is InChI=1S/C12H13N7O3/c13-12-15-9(17-18-11(21)8-2-1-5-22-8)7-6-14-19(3-4-20)10(7)16-12/h1-2,5-6,20H,3-4H2,(H,18,21)(H3,13,15,16,17). The van der Waals surface area contributed by atoms with Gasteiger partial charge in [0.05, 0.1) is 31.0 Å². The van der Waals surface area contributed by atoms with Gasteiger partial charge in [-0.3, -0.25) is 15.6 Å². The molecular formula is C12H13N7O3. The van der Waals surface area contributed by atoms with Crippen LogP contribution in [-0.4, -0.2) is 37.4 Å². The lowest BCUT2D eigenvalue weighted by Crippen LogP contribution is -2.29. The summed E-state index contributed by atoms with van der Waals surface area (Å²) in [4.78, 5) is 19.9.